The SMILES string of the molecule is COc1ccc2ncc(Cl)c(N3CCC(CCNCc4cc5c(cn4)OCCO5)CC3)c2c1. The van der Waals surface area contributed by atoms with Crippen molar-refractivity contribution >= 4 is 28.2 Å². The number of halogens is 1. The van der Waals surface area contributed by atoms with E-state index in [1.165, 1.54) is 0 Å². The Morgan fingerprint density at radius 3 is 2.73 bits per heavy atom. The normalized spacial score (nSPS) is 16.2. The molecular weight excluding hydrogens is 440 g/mol. The van der Waals surface area contributed by atoms with Gasteiger partial charge in [0.1, 0.15) is 19.0 Å². The van der Waals surface area contributed by atoms with Crippen LogP contribution in [0.1, 0.15) is 25.0 Å². The van der Waals surface area contributed by atoms with E-state index in [1.807, 2.05) is 24.3 Å². The van der Waals surface area contributed by atoms with E-state index < -0.39 is 0 Å². The Morgan fingerprint density at radius 1 is 1.09 bits per heavy atom. The summed E-state index contributed by atoms with van der Waals surface area (Å²) in [4.78, 5) is 11.3. The summed E-state index contributed by atoms with van der Waals surface area (Å²) in [7, 11) is 1.68. The second-order valence-corrected chi connectivity index (χ2v) is 8.96. The Bertz CT molecular complexity index is 1120. The third-order valence-corrected chi connectivity index (χ3v) is 6.73. The number of benzene rings is 1. The number of hydrogen-bond acceptors (Lipinski definition) is 7. The van der Waals surface area contributed by atoms with Gasteiger partial charge < -0.3 is 24.4 Å². The van der Waals surface area contributed by atoms with Gasteiger partial charge in [0.25, 0.3) is 0 Å². The second kappa shape index (κ2) is 10.0. The number of ether oxygens (including phenoxy) is 3. The molecule has 4 heterocycles. The smallest absolute Gasteiger partial charge is 0.179 e. The van der Waals surface area contributed by atoms with Crippen molar-refractivity contribution in [2.75, 3.05) is 44.9 Å². The summed E-state index contributed by atoms with van der Waals surface area (Å²) in [5.41, 5.74) is 2.99. The number of pyridine rings is 2. The van der Waals surface area contributed by atoms with E-state index in [-0.39, 0.29) is 0 Å². The van der Waals surface area contributed by atoms with Gasteiger partial charge in [0, 0.05) is 37.3 Å². The molecule has 0 saturated carbocycles. The maximum absolute atomic E-state index is 6.60. The van der Waals surface area contributed by atoms with E-state index in [0.29, 0.717) is 24.2 Å². The van der Waals surface area contributed by atoms with Gasteiger partial charge in [-0.3, -0.25) is 9.97 Å². The maximum Gasteiger partial charge on any atom is 0.179 e. The van der Waals surface area contributed by atoms with Crippen molar-refractivity contribution in [1.82, 2.24) is 15.3 Å². The zero-order valence-electron chi connectivity index (χ0n) is 18.8. The summed E-state index contributed by atoms with van der Waals surface area (Å²) in [6.07, 6.45) is 6.96. The molecule has 33 heavy (non-hydrogen) atoms. The molecule has 3 aromatic rings. The first-order valence-electron chi connectivity index (χ1n) is 11.5. The van der Waals surface area contributed by atoms with Gasteiger partial charge in [0.15, 0.2) is 11.5 Å². The Labute approximate surface area is 199 Å². The highest BCUT2D eigenvalue weighted by molar-refractivity contribution is 6.34. The van der Waals surface area contributed by atoms with E-state index in [4.69, 9.17) is 25.8 Å². The number of hydrogen-bond donors (Lipinski definition) is 1. The first-order valence-corrected chi connectivity index (χ1v) is 11.9. The highest BCUT2D eigenvalue weighted by Gasteiger charge is 2.23. The van der Waals surface area contributed by atoms with Crippen LogP contribution in [-0.4, -0.2) is 49.9 Å². The molecule has 2 aliphatic rings. The Balaban J connectivity index is 1.13. The third-order valence-electron chi connectivity index (χ3n) is 6.45. The molecule has 0 spiro atoms. The quantitative estimate of drug-likeness (QED) is 0.513. The number of nitrogens with zero attached hydrogens (tertiary/aromatic N) is 3. The van der Waals surface area contributed by atoms with Crippen LogP contribution in [0.3, 0.4) is 0 Å². The Morgan fingerprint density at radius 2 is 1.91 bits per heavy atom. The zero-order valence-corrected chi connectivity index (χ0v) is 19.6. The molecule has 2 aromatic heterocycles. The fourth-order valence-electron chi connectivity index (χ4n) is 4.64. The van der Waals surface area contributed by atoms with Crippen molar-refractivity contribution < 1.29 is 14.2 Å². The van der Waals surface area contributed by atoms with Crippen LogP contribution in [0.25, 0.3) is 10.9 Å². The average Bonchev–Trinajstić information content (AvgIpc) is 2.86. The van der Waals surface area contributed by atoms with Crippen molar-refractivity contribution in [2.45, 2.75) is 25.8 Å². The summed E-state index contributed by atoms with van der Waals surface area (Å²) >= 11 is 6.60. The van der Waals surface area contributed by atoms with Gasteiger partial charge in [0.2, 0.25) is 0 Å². The maximum atomic E-state index is 6.60. The highest BCUT2D eigenvalue weighted by atomic mass is 35.5. The van der Waals surface area contributed by atoms with Gasteiger partial charge in [-0.05, 0) is 49.9 Å². The van der Waals surface area contributed by atoms with Crippen molar-refractivity contribution in [2.24, 2.45) is 5.92 Å². The van der Waals surface area contributed by atoms with Crippen molar-refractivity contribution in [3.8, 4) is 17.2 Å². The van der Waals surface area contributed by atoms with E-state index in [9.17, 15) is 0 Å². The minimum atomic E-state index is 0.586. The predicted octanol–water partition coefficient (Wildman–Crippen LogP) is 4.46. The van der Waals surface area contributed by atoms with E-state index in [2.05, 4.69) is 20.2 Å². The molecule has 0 atom stereocenters. The molecule has 1 fully saturated rings. The minimum absolute atomic E-state index is 0.586. The summed E-state index contributed by atoms with van der Waals surface area (Å²) < 4.78 is 16.6. The second-order valence-electron chi connectivity index (χ2n) is 8.55. The number of nitrogens with one attached hydrogen (secondary N) is 1. The largest absolute Gasteiger partial charge is 0.497 e. The zero-order chi connectivity index (χ0) is 22.6. The first kappa shape index (κ1) is 22.0. The number of aromatic nitrogens is 2. The van der Waals surface area contributed by atoms with Gasteiger partial charge in [-0.25, -0.2) is 0 Å². The molecule has 0 amide bonds. The Kier molecular flexibility index (Phi) is 6.69. The molecule has 5 rings (SSSR count). The highest BCUT2D eigenvalue weighted by Crippen LogP contribution is 2.37. The molecular formula is C25H29ClN4O3. The third kappa shape index (κ3) is 4.94. The number of methoxy groups -OCH3 is 1. The standard InChI is InChI=1S/C25H29ClN4O3/c1-31-19-2-3-22-20(13-19)25(21(26)15-29-22)30-8-5-17(6-9-30)4-7-27-14-18-12-23-24(16-28-18)33-11-10-32-23/h2-3,12-13,15-17,27H,4-11,14H2,1H3. The monoisotopic (exact) mass is 468 g/mol. The van der Waals surface area contributed by atoms with Gasteiger partial charge >= 0.3 is 0 Å². The number of fused-ring (bicyclic) bond motifs is 2. The van der Waals surface area contributed by atoms with Gasteiger partial charge in [-0.2, -0.15) is 0 Å². The molecule has 0 unspecified atom stereocenters. The molecule has 1 saturated heterocycles. The van der Waals surface area contributed by atoms with Crippen LogP contribution in [0.4, 0.5) is 5.69 Å². The molecule has 174 valence electrons. The molecule has 1 aromatic carbocycles. The van der Waals surface area contributed by atoms with Crippen LogP contribution in [0, 0.1) is 5.92 Å². The molecule has 0 bridgehead atoms. The first-order chi connectivity index (χ1) is 16.2. The lowest BCUT2D eigenvalue weighted by Crippen LogP contribution is -2.35. The number of anilines is 1. The molecule has 2 aliphatic heterocycles. The molecule has 8 heteroatoms. The van der Waals surface area contributed by atoms with Crippen LogP contribution >= 0.6 is 11.6 Å². The van der Waals surface area contributed by atoms with Crippen LogP contribution in [0.2, 0.25) is 5.02 Å². The topological polar surface area (TPSA) is 68.7 Å². The molecule has 7 nitrogen and oxygen atoms in total. The van der Waals surface area contributed by atoms with Crippen LogP contribution in [0.5, 0.6) is 17.2 Å². The number of rotatable bonds is 7. The number of piperidine rings is 1. The van der Waals surface area contributed by atoms with Gasteiger partial charge in [-0.15, -0.1) is 0 Å². The van der Waals surface area contributed by atoms with Crippen molar-refractivity contribution in [3.05, 3.63) is 47.4 Å². The lowest BCUT2D eigenvalue weighted by Gasteiger charge is -2.34. The van der Waals surface area contributed by atoms with Crippen LogP contribution in [0.15, 0.2) is 36.7 Å². The predicted molar refractivity (Wildman–Crippen MR) is 130 cm³/mol. The van der Waals surface area contributed by atoms with Gasteiger partial charge in [-0.1, -0.05) is 11.6 Å². The van der Waals surface area contributed by atoms with Crippen LogP contribution in [-0.2, 0) is 6.54 Å². The van der Waals surface area contributed by atoms with Crippen molar-refractivity contribution in [3.63, 3.8) is 0 Å². The molecule has 1 N–H and O–H groups in total. The average molecular weight is 469 g/mol. The fourth-order valence-corrected chi connectivity index (χ4v) is 4.91. The summed E-state index contributed by atoms with van der Waals surface area (Å²) in [6, 6.07) is 7.93. The van der Waals surface area contributed by atoms with Gasteiger partial charge in [0.05, 0.1) is 35.2 Å². The van der Waals surface area contributed by atoms with Crippen LogP contribution < -0.4 is 24.4 Å². The lowest BCUT2D eigenvalue weighted by molar-refractivity contribution is 0.170. The van der Waals surface area contributed by atoms with E-state index >= 15 is 0 Å². The van der Waals surface area contributed by atoms with E-state index in [0.717, 1.165) is 85.0 Å². The molecule has 0 radical (unpaired) electrons. The minimum Gasteiger partial charge on any atom is -0.497 e. The summed E-state index contributed by atoms with van der Waals surface area (Å²) in [6.45, 7) is 4.86. The fraction of sp³-hybridized carbons (Fsp3) is 0.440. The van der Waals surface area contributed by atoms with Crippen molar-refractivity contribution in [1.29, 1.82) is 0 Å². The summed E-state index contributed by atoms with van der Waals surface area (Å²) in [5.74, 6) is 3.04. The summed E-state index contributed by atoms with van der Waals surface area (Å²) in [5, 5.41) is 5.28. The molecule has 0 aliphatic carbocycles. The lowest BCUT2D eigenvalue weighted by atomic mass is 9.93. The van der Waals surface area contributed by atoms with E-state index in [1.54, 1.807) is 19.5 Å². The Hall–Kier alpha value is -2.77.